The van der Waals surface area contributed by atoms with E-state index in [1.165, 1.54) is 36.7 Å². The van der Waals surface area contributed by atoms with Gasteiger partial charge in [-0.2, -0.15) is 10.3 Å². The summed E-state index contributed by atoms with van der Waals surface area (Å²) in [7, 11) is 0. The highest BCUT2D eigenvalue weighted by Gasteiger charge is 2.06. The zero-order chi connectivity index (χ0) is 13.7. The van der Waals surface area contributed by atoms with E-state index in [1.54, 1.807) is 12.1 Å². The van der Waals surface area contributed by atoms with Crippen molar-refractivity contribution in [2.45, 2.75) is 0 Å². The van der Waals surface area contributed by atoms with E-state index < -0.39 is 11.1 Å². The fraction of sp³-hybridized carbons (Fsp3) is 0. The van der Waals surface area contributed by atoms with Crippen molar-refractivity contribution in [1.82, 2.24) is 5.43 Å². The van der Waals surface area contributed by atoms with Gasteiger partial charge in [-0.25, -0.2) is 10.6 Å². The molecule has 1 aromatic carbocycles. The second-order valence-corrected chi connectivity index (χ2v) is 3.60. The highest BCUT2D eigenvalue weighted by molar-refractivity contribution is 5.94. The number of benzene rings is 1. The number of carbonyl (C=O) groups excluding carboxylic acids is 1. The monoisotopic (exact) mass is 261 g/mol. The lowest BCUT2D eigenvalue weighted by molar-refractivity contribution is -0.991. The van der Waals surface area contributed by atoms with Crippen LogP contribution >= 0.6 is 0 Å². The van der Waals surface area contributed by atoms with E-state index in [0.29, 0.717) is 11.3 Å². The van der Waals surface area contributed by atoms with Crippen molar-refractivity contribution in [2.75, 3.05) is 0 Å². The molecule has 1 amide bonds. The molecule has 2 aromatic rings. The maximum atomic E-state index is 11.7. The second kappa shape index (κ2) is 5.91. The summed E-state index contributed by atoms with van der Waals surface area (Å²) in [5.74, 6) is 0.0845. The van der Waals surface area contributed by atoms with Gasteiger partial charge in [0.25, 0.3) is 5.91 Å². The highest BCUT2D eigenvalue weighted by Crippen LogP contribution is 2.05. The molecule has 3 N–H and O–H groups in total. The first-order chi connectivity index (χ1) is 9.16. The van der Waals surface area contributed by atoms with Crippen molar-refractivity contribution >= 4 is 17.8 Å². The maximum absolute atomic E-state index is 11.7. The summed E-state index contributed by atoms with van der Waals surface area (Å²) in [5, 5.41) is 22.1. The van der Waals surface area contributed by atoms with Gasteiger partial charge in [0.1, 0.15) is 5.76 Å². The Morgan fingerprint density at radius 1 is 1.37 bits per heavy atom. The topological polar surface area (TPSA) is 102 Å². The number of nitrogens with one attached hydrogen (secondary N) is 2. The van der Waals surface area contributed by atoms with Gasteiger partial charge in [-0.3, -0.25) is 4.79 Å². The smallest absolute Gasteiger partial charge is 0.271 e. The van der Waals surface area contributed by atoms with E-state index in [0.717, 1.165) is 0 Å². The van der Waals surface area contributed by atoms with Gasteiger partial charge in [0, 0.05) is 17.7 Å². The van der Waals surface area contributed by atoms with Crippen LogP contribution in [0.4, 0.5) is 5.69 Å². The predicted molar refractivity (Wildman–Crippen MR) is 66.0 cm³/mol. The van der Waals surface area contributed by atoms with E-state index in [4.69, 9.17) is 9.62 Å². The average molecular weight is 261 g/mol. The SMILES string of the molecule is O=C(NN=Cc1ccco1)c1ccc([NH+]([O-])O)cc1. The maximum Gasteiger partial charge on any atom is 0.271 e. The number of nitrogens with zero attached hydrogens (tertiary/aromatic N) is 1. The zero-order valence-electron chi connectivity index (χ0n) is 9.74. The molecule has 0 aliphatic carbocycles. The lowest BCUT2D eigenvalue weighted by Crippen LogP contribution is -2.99. The summed E-state index contributed by atoms with van der Waals surface area (Å²) in [6.45, 7) is 0. The van der Waals surface area contributed by atoms with Crippen LogP contribution in [0, 0.1) is 5.21 Å². The Kier molecular flexibility index (Phi) is 4.04. The van der Waals surface area contributed by atoms with Crippen molar-refractivity contribution in [2.24, 2.45) is 5.10 Å². The van der Waals surface area contributed by atoms with Gasteiger partial charge in [-0.05, 0) is 24.3 Å². The second-order valence-electron chi connectivity index (χ2n) is 3.60. The van der Waals surface area contributed by atoms with Gasteiger partial charge in [0.05, 0.1) is 12.5 Å². The minimum Gasteiger partial charge on any atom is -0.595 e. The van der Waals surface area contributed by atoms with E-state index in [9.17, 15) is 10.0 Å². The van der Waals surface area contributed by atoms with Crippen molar-refractivity contribution in [1.29, 1.82) is 0 Å². The van der Waals surface area contributed by atoms with Gasteiger partial charge in [0.15, 0.2) is 5.69 Å². The zero-order valence-corrected chi connectivity index (χ0v) is 9.74. The summed E-state index contributed by atoms with van der Waals surface area (Å²) in [6.07, 6.45) is 2.86. The third kappa shape index (κ3) is 3.49. The van der Waals surface area contributed by atoms with Crippen LogP contribution in [-0.4, -0.2) is 17.3 Å². The number of hydrazone groups is 1. The summed E-state index contributed by atoms with van der Waals surface area (Å²) < 4.78 is 5.00. The quantitative estimate of drug-likeness (QED) is 0.549. The van der Waals surface area contributed by atoms with Crippen LogP contribution < -0.4 is 10.7 Å². The number of hydrogen-bond donors (Lipinski definition) is 3. The van der Waals surface area contributed by atoms with Crippen LogP contribution in [0.15, 0.2) is 52.2 Å². The number of amides is 1. The number of hydrogen-bond acceptors (Lipinski definition) is 5. The van der Waals surface area contributed by atoms with Crippen molar-refractivity contribution in [3.05, 3.63) is 59.2 Å². The minimum atomic E-state index is -1.04. The lowest BCUT2D eigenvalue weighted by atomic mass is 10.2. The number of rotatable bonds is 4. The first-order valence-electron chi connectivity index (χ1n) is 5.37. The first kappa shape index (κ1) is 13.0. The molecule has 7 heteroatoms. The molecule has 0 aliphatic rings. The van der Waals surface area contributed by atoms with Gasteiger partial charge >= 0.3 is 0 Å². The molecular formula is C12H11N3O4. The molecule has 1 unspecified atom stereocenters. The summed E-state index contributed by atoms with van der Waals surface area (Å²) in [5.41, 5.74) is 2.75. The molecule has 19 heavy (non-hydrogen) atoms. The third-order valence-corrected chi connectivity index (χ3v) is 2.30. The van der Waals surface area contributed by atoms with Crippen LogP contribution in [0.2, 0.25) is 0 Å². The molecular weight excluding hydrogens is 250 g/mol. The first-order valence-corrected chi connectivity index (χ1v) is 5.37. The average Bonchev–Trinajstić information content (AvgIpc) is 2.92. The summed E-state index contributed by atoms with van der Waals surface area (Å²) in [6, 6.07) is 8.94. The number of carbonyl (C=O) groups is 1. The van der Waals surface area contributed by atoms with E-state index in [1.807, 2.05) is 0 Å². The van der Waals surface area contributed by atoms with E-state index in [-0.39, 0.29) is 5.69 Å². The number of furan rings is 1. The fourth-order valence-electron chi connectivity index (χ4n) is 1.35. The largest absolute Gasteiger partial charge is 0.595 e. The molecule has 0 bridgehead atoms. The van der Waals surface area contributed by atoms with Gasteiger partial charge in [-0.15, -0.1) is 0 Å². The molecule has 1 heterocycles. The molecule has 0 spiro atoms. The normalized spacial score (nSPS) is 12.5. The Bertz CT molecular complexity index is 561. The fourth-order valence-corrected chi connectivity index (χ4v) is 1.35. The molecule has 0 fully saturated rings. The standard InChI is InChI=1S/C12H11N3O4/c16-12(14-13-8-11-2-1-7-19-11)9-3-5-10(6-4-9)15(17)18/h1-8,15,17H,(H,14,16). The Morgan fingerprint density at radius 3 is 2.68 bits per heavy atom. The van der Waals surface area contributed by atoms with Gasteiger partial charge < -0.3 is 9.62 Å². The molecule has 2 rings (SSSR count). The summed E-state index contributed by atoms with van der Waals surface area (Å²) >= 11 is 0. The molecule has 0 aliphatic heterocycles. The van der Waals surface area contributed by atoms with Crippen molar-refractivity contribution in [3.63, 3.8) is 0 Å². The lowest BCUT2D eigenvalue weighted by Gasteiger charge is -2.11. The number of quaternary nitrogens is 1. The third-order valence-electron chi connectivity index (χ3n) is 2.30. The van der Waals surface area contributed by atoms with Gasteiger partial charge in [0.2, 0.25) is 0 Å². The Hall–Kier alpha value is -2.48. The molecule has 0 saturated carbocycles. The summed E-state index contributed by atoms with van der Waals surface area (Å²) in [4.78, 5) is 11.7. The Balaban J connectivity index is 1.96. The van der Waals surface area contributed by atoms with Crippen molar-refractivity contribution in [3.8, 4) is 0 Å². The molecule has 1 atom stereocenters. The van der Waals surface area contributed by atoms with Gasteiger partial charge in [-0.1, -0.05) is 0 Å². The van der Waals surface area contributed by atoms with Crippen LogP contribution in [0.1, 0.15) is 16.1 Å². The molecule has 98 valence electrons. The van der Waals surface area contributed by atoms with Crippen molar-refractivity contribution < 1.29 is 19.6 Å². The Labute approximate surface area is 108 Å². The van der Waals surface area contributed by atoms with Crippen LogP contribution in [0.5, 0.6) is 0 Å². The van der Waals surface area contributed by atoms with E-state index in [2.05, 4.69) is 10.5 Å². The van der Waals surface area contributed by atoms with Crippen LogP contribution in [-0.2, 0) is 0 Å². The van der Waals surface area contributed by atoms with E-state index >= 15 is 0 Å². The van der Waals surface area contributed by atoms with Crippen LogP contribution in [0.3, 0.4) is 0 Å². The highest BCUT2D eigenvalue weighted by atomic mass is 16.8. The minimum absolute atomic E-state index is 0.121. The molecule has 1 aromatic heterocycles. The Morgan fingerprint density at radius 2 is 2.11 bits per heavy atom. The molecule has 7 nitrogen and oxygen atoms in total. The predicted octanol–water partition coefficient (Wildman–Crippen LogP) is 0.447. The molecule has 0 saturated heterocycles. The molecule has 0 radical (unpaired) electrons. The van der Waals surface area contributed by atoms with Crippen LogP contribution in [0.25, 0.3) is 0 Å².